The van der Waals surface area contributed by atoms with Crippen molar-refractivity contribution >= 4 is 46.0 Å². The molecule has 0 unspecified atom stereocenters. The molecule has 3 rings (SSSR count). The number of aromatic amines is 1. The number of nitro benzene ring substituents is 1. The molecule has 1 amide bonds. The van der Waals surface area contributed by atoms with E-state index in [1.54, 1.807) is 11.8 Å². The lowest BCUT2D eigenvalue weighted by molar-refractivity contribution is -0.384. The monoisotopic (exact) mass is 404 g/mol. The van der Waals surface area contributed by atoms with E-state index in [-0.39, 0.29) is 22.3 Å². The molecule has 140 valence electrons. The summed E-state index contributed by atoms with van der Waals surface area (Å²) in [6.07, 6.45) is 2.63. The number of benzene rings is 2. The van der Waals surface area contributed by atoms with Crippen LogP contribution in [-0.4, -0.2) is 32.8 Å². The molecule has 2 N–H and O–H groups in total. The zero-order chi connectivity index (χ0) is 19.4. The Balaban J connectivity index is 1.89. The van der Waals surface area contributed by atoms with E-state index in [9.17, 15) is 14.9 Å². The molecule has 0 aliphatic carbocycles. The lowest BCUT2D eigenvalue weighted by Gasteiger charge is -2.16. The van der Waals surface area contributed by atoms with Gasteiger partial charge in [-0.15, -0.1) is 0 Å². The van der Waals surface area contributed by atoms with Gasteiger partial charge in [-0.2, -0.15) is 11.8 Å². The molecular weight excluding hydrogens is 388 g/mol. The lowest BCUT2D eigenvalue weighted by atomic mass is 10.1. The highest BCUT2D eigenvalue weighted by atomic mass is 35.5. The number of thioether (sulfide) groups is 1. The van der Waals surface area contributed by atoms with Gasteiger partial charge in [0.05, 0.1) is 32.6 Å². The number of nitro groups is 1. The molecule has 0 saturated heterocycles. The van der Waals surface area contributed by atoms with Crippen molar-refractivity contribution in [2.75, 3.05) is 12.0 Å². The molecule has 1 atom stereocenters. The number of nitrogens with zero attached hydrogens (tertiary/aromatic N) is 2. The highest BCUT2D eigenvalue weighted by Gasteiger charge is 2.22. The molecule has 27 heavy (non-hydrogen) atoms. The van der Waals surface area contributed by atoms with Gasteiger partial charge in [-0.3, -0.25) is 14.9 Å². The van der Waals surface area contributed by atoms with E-state index in [4.69, 9.17) is 11.6 Å². The third kappa shape index (κ3) is 4.40. The van der Waals surface area contributed by atoms with Crippen molar-refractivity contribution in [2.24, 2.45) is 0 Å². The van der Waals surface area contributed by atoms with E-state index < -0.39 is 10.8 Å². The van der Waals surface area contributed by atoms with Crippen LogP contribution in [0, 0.1) is 10.1 Å². The Labute approximate surface area is 164 Å². The molecule has 0 radical (unpaired) electrons. The predicted molar refractivity (Wildman–Crippen MR) is 107 cm³/mol. The number of carbonyl (C=O) groups is 1. The lowest BCUT2D eigenvalue weighted by Crippen LogP contribution is -2.30. The van der Waals surface area contributed by atoms with Gasteiger partial charge in [0.2, 0.25) is 0 Å². The first-order valence-corrected chi connectivity index (χ1v) is 9.95. The van der Waals surface area contributed by atoms with Crippen LogP contribution >= 0.6 is 23.4 Å². The van der Waals surface area contributed by atoms with Gasteiger partial charge in [0.1, 0.15) is 5.82 Å². The number of hydrogen-bond donors (Lipinski definition) is 2. The SMILES string of the molecule is CSCC[C@H](NC(=O)c1cc([N+](=O)[O-])ccc1Cl)c1nc2ccccc2[nH]1. The third-order valence-electron chi connectivity index (χ3n) is 4.06. The van der Waals surface area contributed by atoms with E-state index >= 15 is 0 Å². The molecule has 2 aromatic carbocycles. The van der Waals surface area contributed by atoms with E-state index in [2.05, 4.69) is 15.3 Å². The summed E-state index contributed by atoms with van der Waals surface area (Å²) in [5.41, 5.74) is 1.57. The maximum atomic E-state index is 12.7. The van der Waals surface area contributed by atoms with Gasteiger partial charge in [0, 0.05) is 12.1 Å². The Morgan fingerprint density at radius 1 is 1.37 bits per heavy atom. The number of non-ortho nitro benzene ring substituents is 1. The maximum absolute atomic E-state index is 12.7. The number of amides is 1. The van der Waals surface area contributed by atoms with Gasteiger partial charge in [-0.05, 0) is 36.6 Å². The summed E-state index contributed by atoms with van der Waals surface area (Å²) in [4.78, 5) is 31.0. The van der Waals surface area contributed by atoms with Gasteiger partial charge >= 0.3 is 0 Å². The highest BCUT2D eigenvalue weighted by Crippen LogP contribution is 2.25. The van der Waals surface area contributed by atoms with Gasteiger partial charge < -0.3 is 10.3 Å². The molecule has 3 aromatic rings. The standard InChI is InChI=1S/C18H17ClN4O3S/c1-27-9-8-16(17-20-14-4-2-3-5-15(14)21-17)22-18(24)12-10-11(23(25)26)6-7-13(12)19/h2-7,10,16H,8-9H2,1H3,(H,20,21)(H,22,24)/t16-/m0/s1. The number of halogens is 1. The quantitative estimate of drug-likeness (QED) is 0.450. The number of hydrogen-bond acceptors (Lipinski definition) is 5. The molecule has 0 aliphatic heterocycles. The number of rotatable bonds is 7. The molecule has 7 nitrogen and oxygen atoms in total. The summed E-state index contributed by atoms with van der Waals surface area (Å²) < 4.78 is 0. The number of carbonyl (C=O) groups excluding carboxylic acids is 1. The van der Waals surface area contributed by atoms with Crippen LogP contribution in [-0.2, 0) is 0 Å². The molecule has 1 heterocycles. The number of aromatic nitrogens is 2. The molecule has 0 bridgehead atoms. The van der Waals surface area contributed by atoms with E-state index in [1.807, 2.05) is 30.5 Å². The maximum Gasteiger partial charge on any atom is 0.270 e. The first-order valence-electron chi connectivity index (χ1n) is 8.18. The van der Waals surface area contributed by atoms with Crippen LogP contribution in [0.3, 0.4) is 0 Å². The summed E-state index contributed by atoms with van der Waals surface area (Å²) in [6.45, 7) is 0. The second-order valence-electron chi connectivity index (χ2n) is 5.87. The Hall–Kier alpha value is -2.58. The van der Waals surface area contributed by atoms with Gasteiger partial charge in [0.25, 0.3) is 11.6 Å². The largest absolute Gasteiger partial charge is 0.342 e. The number of H-pyrrole nitrogens is 1. The Kier molecular flexibility index (Phi) is 5.98. The van der Waals surface area contributed by atoms with Crippen LogP contribution in [0.5, 0.6) is 0 Å². The molecule has 1 aromatic heterocycles. The van der Waals surface area contributed by atoms with E-state index in [1.165, 1.54) is 18.2 Å². The van der Waals surface area contributed by atoms with Crippen LogP contribution in [0.15, 0.2) is 42.5 Å². The van der Waals surface area contributed by atoms with Crippen LogP contribution in [0.4, 0.5) is 5.69 Å². The van der Waals surface area contributed by atoms with Crippen molar-refractivity contribution in [2.45, 2.75) is 12.5 Å². The van der Waals surface area contributed by atoms with Crippen molar-refractivity contribution in [3.8, 4) is 0 Å². The third-order valence-corrected chi connectivity index (χ3v) is 5.03. The van der Waals surface area contributed by atoms with Crippen LogP contribution in [0.1, 0.15) is 28.6 Å². The molecule has 0 aliphatic rings. The van der Waals surface area contributed by atoms with Gasteiger partial charge in [-0.1, -0.05) is 23.7 Å². The van der Waals surface area contributed by atoms with Gasteiger partial charge in [-0.25, -0.2) is 4.98 Å². The van der Waals surface area contributed by atoms with E-state index in [0.29, 0.717) is 12.2 Å². The first kappa shape index (κ1) is 19.2. The van der Waals surface area contributed by atoms with Crippen molar-refractivity contribution in [3.05, 3.63) is 69.0 Å². The smallest absolute Gasteiger partial charge is 0.270 e. The zero-order valence-corrected chi connectivity index (χ0v) is 16.0. The van der Waals surface area contributed by atoms with Crippen molar-refractivity contribution in [1.29, 1.82) is 0 Å². The number of imidazole rings is 1. The van der Waals surface area contributed by atoms with Crippen LogP contribution in [0.2, 0.25) is 5.02 Å². The summed E-state index contributed by atoms with van der Waals surface area (Å²) in [7, 11) is 0. The summed E-state index contributed by atoms with van der Waals surface area (Å²) in [5, 5.41) is 14.0. The fraction of sp³-hybridized carbons (Fsp3) is 0.222. The Bertz CT molecular complexity index is 959. The average Bonchev–Trinajstić information content (AvgIpc) is 3.09. The minimum absolute atomic E-state index is 0.0659. The summed E-state index contributed by atoms with van der Waals surface area (Å²) in [5.74, 6) is 0.973. The van der Waals surface area contributed by atoms with E-state index in [0.717, 1.165) is 16.8 Å². The number of fused-ring (bicyclic) bond motifs is 1. The number of nitrogens with one attached hydrogen (secondary N) is 2. The molecule has 0 spiro atoms. The fourth-order valence-electron chi connectivity index (χ4n) is 2.69. The van der Waals surface area contributed by atoms with Crippen LogP contribution < -0.4 is 5.32 Å². The minimum Gasteiger partial charge on any atom is -0.342 e. The van der Waals surface area contributed by atoms with Crippen LogP contribution in [0.25, 0.3) is 11.0 Å². The van der Waals surface area contributed by atoms with Gasteiger partial charge in [0.15, 0.2) is 0 Å². The fourth-order valence-corrected chi connectivity index (χ4v) is 3.36. The predicted octanol–water partition coefficient (Wildman–Crippen LogP) is 4.35. The Morgan fingerprint density at radius 3 is 2.85 bits per heavy atom. The molecule has 0 fully saturated rings. The normalized spacial score (nSPS) is 12.1. The second kappa shape index (κ2) is 8.41. The molecule has 0 saturated carbocycles. The Morgan fingerprint density at radius 2 is 2.15 bits per heavy atom. The summed E-state index contributed by atoms with van der Waals surface area (Å²) in [6, 6.07) is 11.0. The van der Waals surface area contributed by atoms with Crippen molar-refractivity contribution < 1.29 is 9.72 Å². The average molecular weight is 405 g/mol. The minimum atomic E-state index is -0.558. The van der Waals surface area contributed by atoms with Crippen molar-refractivity contribution in [1.82, 2.24) is 15.3 Å². The van der Waals surface area contributed by atoms with Crippen molar-refractivity contribution in [3.63, 3.8) is 0 Å². The molecule has 9 heteroatoms. The first-order chi connectivity index (χ1) is 13.0. The number of para-hydroxylation sites is 2. The summed E-state index contributed by atoms with van der Waals surface area (Å²) >= 11 is 7.74. The zero-order valence-electron chi connectivity index (χ0n) is 14.4. The highest BCUT2D eigenvalue weighted by molar-refractivity contribution is 7.98. The topological polar surface area (TPSA) is 101 Å². The second-order valence-corrected chi connectivity index (χ2v) is 7.26. The molecular formula is C18H17ClN4O3S.